The van der Waals surface area contributed by atoms with Crippen molar-refractivity contribution in [3.8, 4) is 11.5 Å². The molecule has 0 heterocycles. The molecule has 0 aliphatic rings. The summed E-state index contributed by atoms with van der Waals surface area (Å²) < 4.78 is 10.8. The molecule has 0 bridgehead atoms. The molecular weight excluding hydrogens is 363 g/mol. The van der Waals surface area contributed by atoms with Crippen LogP contribution >= 0.6 is 23.2 Å². The van der Waals surface area contributed by atoms with Gasteiger partial charge in [0.15, 0.2) is 6.61 Å². The minimum absolute atomic E-state index is 0.206. The van der Waals surface area contributed by atoms with E-state index in [0.717, 1.165) is 17.7 Å². The van der Waals surface area contributed by atoms with Gasteiger partial charge in [0.05, 0.1) is 17.8 Å². The highest BCUT2D eigenvalue weighted by molar-refractivity contribution is 6.35. The second kappa shape index (κ2) is 9.91. The molecule has 0 radical (unpaired) electrons. The number of hydrogen-bond acceptors (Lipinski definition) is 4. The van der Waals surface area contributed by atoms with Gasteiger partial charge in [-0.15, -0.1) is 0 Å². The van der Waals surface area contributed by atoms with Crippen LogP contribution in [0.2, 0.25) is 10.0 Å². The van der Waals surface area contributed by atoms with Crippen molar-refractivity contribution in [2.24, 2.45) is 5.10 Å². The van der Waals surface area contributed by atoms with Crippen LogP contribution in [0.4, 0.5) is 0 Å². The first kappa shape index (κ1) is 19.1. The van der Waals surface area contributed by atoms with E-state index in [4.69, 9.17) is 32.7 Å². The zero-order chi connectivity index (χ0) is 18.1. The van der Waals surface area contributed by atoms with E-state index in [2.05, 4.69) is 10.5 Å². The quantitative estimate of drug-likeness (QED) is 0.548. The Balaban J connectivity index is 1.78. The molecule has 0 unspecified atom stereocenters. The van der Waals surface area contributed by atoms with Gasteiger partial charge in [-0.05, 0) is 54.4 Å². The average Bonchev–Trinajstić information content (AvgIpc) is 2.60. The summed E-state index contributed by atoms with van der Waals surface area (Å²) in [4.78, 5) is 11.7. The number of nitrogens with one attached hydrogen (secondary N) is 1. The predicted octanol–water partition coefficient (Wildman–Crippen LogP) is 4.31. The van der Waals surface area contributed by atoms with E-state index in [1.165, 1.54) is 6.21 Å². The van der Waals surface area contributed by atoms with Crippen molar-refractivity contribution < 1.29 is 14.3 Å². The number of hydrogen-bond donors (Lipinski definition) is 1. The number of carbonyl (C=O) groups is 1. The molecule has 7 heteroatoms. The van der Waals surface area contributed by atoms with Crippen molar-refractivity contribution in [1.82, 2.24) is 5.43 Å². The highest BCUT2D eigenvalue weighted by Crippen LogP contribution is 2.27. The fourth-order valence-corrected chi connectivity index (χ4v) is 2.28. The van der Waals surface area contributed by atoms with Crippen LogP contribution < -0.4 is 14.9 Å². The van der Waals surface area contributed by atoms with Gasteiger partial charge >= 0.3 is 0 Å². The average molecular weight is 381 g/mol. The number of benzene rings is 2. The van der Waals surface area contributed by atoms with Crippen LogP contribution in [-0.4, -0.2) is 25.3 Å². The second-order valence-corrected chi connectivity index (χ2v) is 5.92. The first-order valence-electron chi connectivity index (χ1n) is 7.71. The zero-order valence-electron chi connectivity index (χ0n) is 13.7. The summed E-state index contributed by atoms with van der Waals surface area (Å²) in [5.41, 5.74) is 3.22. The Morgan fingerprint density at radius 3 is 2.60 bits per heavy atom. The lowest BCUT2D eigenvalue weighted by atomic mass is 10.2. The number of ether oxygens (including phenoxy) is 2. The van der Waals surface area contributed by atoms with Crippen molar-refractivity contribution in [2.45, 2.75) is 13.3 Å². The van der Waals surface area contributed by atoms with E-state index in [0.29, 0.717) is 22.4 Å². The zero-order valence-corrected chi connectivity index (χ0v) is 15.2. The largest absolute Gasteiger partial charge is 0.494 e. The number of nitrogens with zero attached hydrogens (tertiary/aromatic N) is 1. The van der Waals surface area contributed by atoms with Crippen molar-refractivity contribution in [3.05, 3.63) is 58.1 Å². The SMILES string of the molecule is CCCOc1ccc(/C=N/NC(=O)COc2ccc(Cl)cc2Cl)cc1. The molecule has 0 spiro atoms. The van der Waals surface area contributed by atoms with Crippen molar-refractivity contribution >= 4 is 35.3 Å². The summed E-state index contributed by atoms with van der Waals surface area (Å²) in [5, 5.41) is 4.72. The first-order valence-corrected chi connectivity index (χ1v) is 8.46. The van der Waals surface area contributed by atoms with Crippen LogP contribution in [0.15, 0.2) is 47.6 Å². The molecule has 0 saturated heterocycles. The first-order chi connectivity index (χ1) is 12.1. The van der Waals surface area contributed by atoms with Crippen LogP contribution in [0.1, 0.15) is 18.9 Å². The minimum atomic E-state index is -0.398. The lowest BCUT2D eigenvalue weighted by Crippen LogP contribution is -2.24. The number of carbonyl (C=O) groups excluding carboxylic acids is 1. The molecule has 1 N–H and O–H groups in total. The Bertz CT molecular complexity index is 734. The molecule has 132 valence electrons. The summed E-state index contributed by atoms with van der Waals surface area (Å²) in [7, 11) is 0. The maximum atomic E-state index is 11.7. The van der Waals surface area contributed by atoms with Crippen LogP contribution in [0.25, 0.3) is 0 Å². The van der Waals surface area contributed by atoms with Gasteiger partial charge in [0.25, 0.3) is 5.91 Å². The molecule has 0 aliphatic heterocycles. The monoisotopic (exact) mass is 380 g/mol. The van der Waals surface area contributed by atoms with E-state index in [9.17, 15) is 4.79 Å². The smallest absolute Gasteiger partial charge is 0.277 e. The Hall–Kier alpha value is -2.24. The summed E-state index contributed by atoms with van der Waals surface area (Å²) in [6.07, 6.45) is 2.50. The standard InChI is InChI=1S/C18H18Cl2N2O3/c1-2-9-24-15-6-3-13(4-7-15)11-21-22-18(23)12-25-17-8-5-14(19)10-16(17)20/h3-8,10-11H,2,9,12H2,1H3,(H,22,23)/b21-11+. The van der Waals surface area contributed by atoms with E-state index >= 15 is 0 Å². The predicted molar refractivity (Wildman–Crippen MR) is 99.9 cm³/mol. The summed E-state index contributed by atoms with van der Waals surface area (Å²) >= 11 is 11.8. The molecular formula is C18H18Cl2N2O3. The molecule has 2 aromatic carbocycles. The molecule has 0 saturated carbocycles. The van der Waals surface area contributed by atoms with Crippen LogP contribution in [-0.2, 0) is 4.79 Å². The van der Waals surface area contributed by atoms with E-state index < -0.39 is 5.91 Å². The normalized spacial score (nSPS) is 10.7. The van der Waals surface area contributed by atoms with E-state index in [1.54, 1.807) is 18.2 Å². The third kappa shape index (κ3) is 6.64. The number of halogens is 2. The van der Waals surface area contributed by atoms with Gasteiger partial charge in [-0.3, -0.25) is 4.79 Å². The van der Waals surface area contributed by atoms with Gasteiger partial charge < -0.3 is 9.47 Å². The van der Waals surface area contributed by atoms with E-state index in [-0.39, 0.29) is 6.61 Å². The molecule has 0 aliphatic carbocycles. The maximum Gasteiger partial charge on any atom is 0.277 e. The van der Waals surface area contributed by atoms with Crippen molar-refractivity contribution in [1.29, 1.82) is 0 Å². The Morgan fingerprint density at radius 1 is 1.16 bits per heavy atom. The van der Waals surface area contributed by atoms with Gasteiger partial charge in [0.2, 0.25) is 0 Å². The van der Waals surface area contributed by atoms with Crippen LogP contribution in [0.3, 0.4) is 0 Å². The Morgan fingerprint density at radius 2 is 1.92 bits per heavy atom. The molecule has 0 atom stereocenters. The Kier molecular flexibility index (Phi) is 7.57. The molecule has 1 amide bonds. The maximum absolute atomic E-state index is 11.7. The fourth-order valence-electron chi connectivity index (χ4n) is 1.82. The van der Waals surface area contributed by atoms with Crippen LogP contribution in [0, 0.1) is 0 Å². The minimum Gasteiger partial charge on any atom is -0.494 e. The van der Waals surface area contributed by atoms with E-state index in [1.807, 2.05) is 31.2 Å². The highest BCUT2D eigenvalue weighted by Gasteiger charge is 2.05. The summed E-state index contributed by atoms with van der Waals surface area (Å²) in [6, 6.07) is 12.2. The molecule has 2 rings (SSSR count). The molecule has 2 aromatic rings. The van der Waals surface area contributed by atoms with Gasteiger partial charge in [0, 0.05) is 5.02 Å². The number of amides is 1. The topological polar surface area (TPSA) is 59.9 Å². The Labute approximate surface area is 156 Å². The lowest BCUT2D eigenvalue weighted by molar-refractivity contribution is -0.123. The van der Waals surface area contributed by atoms with Gasteiger partial charge in [-0.1, -0.05) is 30.1 Å². The van der Waals surface area contributed by atoms with Crippen molar-refractivity contribution in [2.75, 3.05) is 13.2 Å². The molecule has 5 nitrogen and oxygen atoms in total. The fraction of sp³-hybridized carbons (Fsp3) is 0.222. The summed E-state index contributed by atoms with van der Waals surface area (Å²) in [6.45, 7) is 2.53. The lowest BCUT2D eigenvalue weighted by Gasteiger charge is -2.07. The number of hydrazone groups is 1. The van der Waals surface area contributed by atoms with Gasteiger partial charge in [0.1, 0.15) is 11.5 Å². The molecule has 0 fully saturated rings. The number of rotatable bonds is 8. The summed E-state index contributed by atoms with van der Waals surface area (Å²) in [5.74, 6) is 0.786. The van der Waals surface area contributed by atoms with Gasteiger partial charge in [-0.25, -0.2) is 5.43 Å². The second-order valence-electron chi connectivity index (χ2n) is 5.07. The third-order valence-corrected chi connectivity index (χ3v) is 3.54. The molecule has 25 heavy (non-hydrogen) atoms. The molecule has 0 aromatic heterocycles. The third-order valence-electron chi connectivity index (χ3n) is 3.01. The highest BCUT2D eigenvalue weighted by atomic mass is 35.5. The van der Waals surface area contributed by atoms with Crippen molar-refractivity contribution in [3.63, 3.8) is 0 Å². The van der Waals surface area contributed by atoms with Gasteiger partial charge in [-0.2, -0.15) is 5.10 Å². The van der Waals surface area contributed by atoms with Crippen LogP contribution in [0.5, 0.6) is 11.5 Å².